The molecule has 0 saturated heterocycles. The van der Waals surface area contributed by atoms with E-state index >= 15 is 0 Å². The van der Waals surface area contributed by atoms with Crippen LogP contribution in [0.3, 0.4) is 0 Å². The average Bonchev–Trinajstić information content (AvgIpc) is 3.64. The number of hydrogen-bond donors (Lipinski definition) is 2. The summed E-state index contributed by atoms with van der Waals surface area (Å²) in [5.41, 5.74) is 8.06. The highest BCUT2D eigenvalue weighted by molar-refractivity contribution is 7.91. The molecule has 0 atom stereocenters. The Labute approximate surface area is 207 Å². The molecule has 0 radical (unpaired) electrons. The minimum atomic E-state index is -3.89. The van der Waals surface area contributed by atoms with Gasteiger partial charge in [0.15, 0.2) is 5.82 Å². The number of anilines is 2. The maximum atomic E-state index is 13.5. The van der Waals surface area contributed by atoms with Crippen molar-refractivity contribution in [3.05, 3.63) is 80.4 Å². The summed E-state index contributed by atoms with van der Waals surface area (Å²) in [4.78, 5) is 33.1. The maximum Gasteiger partial charge on any atom is 0.280 e. The number of nitrogens with one attached hydrogen (secondary N) is 1. The number of halogens is 1. The molecule has 9 nitrogen and oxygen atoms in total. The minimum absolute atomic E-state index is 0.0122. The number of hydrogen-bond acceptors (Lipinski definition) is 6. The molecule has 1 aromatic carbocycles. The number of sulfonamides is 1. The van der Waals surface area contributed by atoms with Crippen molar-refractivity contribution in [3.63, 3.8) is 0 Å². The second kappa shape index (κ2) is 9.63. The Morgan fingerprint density at radius 3 is 2.57 bits per heavy atom. The summed E-state index contributed by atoms with van der Waals surface area (Å²) < 4.78 is 29.4. The number of aliphatic imine (C=N–C) groups is 1. The lowest BCUT2D eigenvalue weighted by Gasteiger charge is -2.17. The number of pyridine rings is 2. The Balaban J connectivity index is 1.74. The number of nitrogens with zero attached hydrogens (tertiary/aromatic N) is 3. The molecule has 1 fully saturated rings. The number of aryl methyl sites for hydroxylation is 1. The van der Waals surface area contributed by atoms with Gasteiger partial charge < -0.3 is 5.73 Å². The topological polar surface area (TPSA) is 137 Å². The van der Waals surface area contributed by atoms with Crippen LogP contribution in [0.1, 0.15) is 41.3 Å². The second-order valence-corrected chi connectivity index (χ2v) is 10.6. The van der Waals surface area contributed by atoms with Crippen molar-refractivity contribution in [1.82, 2.24) is 9.55 Å². The van der Waals surface area contributed by atoms with Gasteiger partial charge in [0.25, 0.3) is 5.56 Å². The molecule has 11 heteroatoms. The van der Waals surface area contributed by atoms with E-state index in [0.717, 1.165) is 12.8 Å². The van der Waals surface area contributed by atoms with Crippen molar-refractivity contribution in [1.29, 1.82) is 0 Å². The van der Waals surface area contributed by atoms with E-state index in [1.807, 2.05) is 0 Å². The van der Waals surface area contributed by atoms with Crippen LogP contribution < -0.4 is 16.0 Å². The van der Waals surface area contributed by atoms with Crippen LogP contribution in [0.25, 0.3) is 5.82 Å². The van der Waals surface area contributed by atoms with Crippen molar-refractivity contribution >= 4 is 45.6 Å². The molecule has 2 aromatic heterocycles. The fraction of sp³-hybridized carbons (Fsp3) is 0.250. The molecule has 1 saturated carbocycles. The van der Waals surface area contributed by atoms with Gasteiger partial charge in [-0.3, -0.25) is 18.9 Å². The first-order valence-electron chi connectivity index (χ1n) is 10.8. The first kappa shape index (κ1) is 24.6. The second-order valence-electron chi connectivity index (χ2n) is 8.45. The zero-order valence-electron chi connectivity index (χ0n) is 19.0. The molecule has 35 heavy (non-hydrogen) atoms. The van der Waals surface area contributed by atoms with E-state index in [1.54, 1.807) is 43.3 Å². The normalized spacial score (nSPS) is 13.4. The third-order valence-corrected chi connectivity index (χ3v) is 7.20. The van der Waals surface area contributed by atoms with Gasteiger partial charge in [0, 0.05) is 16.4 Å². The van der Waals surface area contributed by atoms with E-state index in [9.17, 15) is 18.0 Å². The van der Waals surface area contributed by atoms with Crippen LogP contribution in [-0.4, -0.2) is 30.6 Å². The molecular weight excluding hydrogens is 490 g/mol. The molecular formula is C24H24ClN5O4S. The highest BCUT2D eigenvalue weighted by atomic mass is 35.5. The molecule has 2 heterocycles. The monoisotopic (exact) mass is 513 g/mol. The van der Waals surface area contributed by atoms with Crippen LogP contribution in [0.4, 0.5) is 11.4 Å². The quantitative estimate of drug-likeness (QED) is 0.443. The van der Waals surface area contributed by atoms with E-state index in [4.69, 9.17) is 17.3 Å². The average molecular weight is 514 g/mol. The number of amides is 1. The van der Waals surface area contributed by atoms with Gasteiger partial charge in [0.2, 0.25) is 15.9 Å². The largest absolute Gasteiger partial charge is 0.396 e. The van der Waals surface area contributed by atoms with Crippen LogP contribution >= 0.6 is 11.6 Å². The summed E-state index contributed by atoms with van der Waals surface area (Å²) in [5.74, 6) is -0.408. The minimum Gasteiger partial charge on any atom is -0.396 e. The summed E-state index contributed by atoms with van der Waals surface area (Å²) in [6, 6.07) is 11.2. The maximum absolute atomic E-state index is 13.5. The first-order valence-corrected chi connectivity index (χ1v) is 12.9. The van der Waals surface area contributed by atoms with Crippen LogP contribution in [0.2, 0.25) is 5.02 Å². The summed E-state index contributed by atoms with van der Waals surface area (Å²) >= 11 is 5.87. The van der Waals surface area contributed by atoms with Crippen LogP contribution in [0.15, 0.2) is 52.3 Å². The van der Waals surface area contributed by atoms with E-state index in [2.05, 4.69) is 21.4 Å². The summed E-state index contributed by atoms with van der Waals surface area (Å²) in [6.07, 6.45) is 1.79. The zero-order chi connectivity index (χ0) is 25.3. The predicted molar refractivity (Wildman–Crippen MR) is 137 cm³/mol. The zero-order valence-corrected chi connectivity index (χ0v) is 20.6. The number of carbonyl (C=O) groups is 1. The standard InChI is InChI=1S/C24H24ClN5O4S/c1-14-17(12-22(31)27-2)11-19(26)23(28-14)30-21(16-5-6-16)10-9-20(24(30)32)29-35(33,34)13-15-3-7-18(25)8-4-15/h3-4,7-11,16,29H,2,5-6,12-13,26H2,1H3. The fourth-order valence-corrected chi connectivity index (χ4v) is 5.10. The van der Waals surface area contributed by atoms with Crippen molar-refractivity contribution in [2.45, 2.75) is 37.9 Å². The lowest BCUT2D eigenvalue weighted by atomic mass is 10.1. The number of nitrogen functional groups attached to an aromatic ring is 1. The van der Waals surface area contributed by atoms with Crippen molar-refractivity contribution in [3.8, 4) is 5.82 Å². The Morgan fingerprint density at radius 2 is 1.94 bits per heavy atom. The summed E-state index contributed by atoms with van der Waals surface area (Å²) in [7, 11) is -3.89. The lowest BCUT2D eigenvalue weighted by Crippen LogP contribution is -2.29. The van der Waals surface area contributed by atoms with Gasteiger partial charge in [0.05, 0.1) is 17.9 Å². The molecule has 4 rings (SSSR count). The molecule has 3 N–H and O–H groups in total. The van der Waals surface area contributed by atoms with Gasteiger partial charge >= 0.3 is 0 Å². The Kier molecular flexibility index (Phi) is 6.77. The smallest absolute Gasteiger partial charge is 0.280 e. The van der Waals surface area contributed by atoms with Crippen molar-refractivity contribution < 1.29 is 13.2 Å². The molecule has 0 bridgehead atoms. The molecule has 182 valence electrons. The van der Waals surface area contributed by atoms with Gasteiger partial charge in [-0.2, -0.15) is 0 Å². The number of rotatable bonds is 8. The predicted octanol–water partition coefficient (Wildman–Crippen LogP) is 3.37. The van der Waals surface area contributed by atoms with E-state index in [-0.39, 0.29) is 35.3 Å². The molecule has 1 amide bonds. The van der Waals surface area contributed by atoms with E-state index in [0.29, 0.717) is 27.5 Å². The van der Waals surface area contributed by atoms with E-state index in [1.165, 1.54) is 10.6 Å². The number of benzene rings is 1. The third kappa shape index (κ3) is 5.60. The Bertz CT molecular complexity index is 1480. The first-order chi connectivity index (χ1) is 16.6. The fourth-order valence-electron chi connectivity index (χ4n) is 3.78. The van der Waals surface area contributed by atoms with Crippen molar-refractivity contribution in [2.24, 2.45) is 4.99 Å². The molecule has 1 aliphatic rings. The van der Waals surface area contributed by atoms with Gasteiger partial charge in [0.1, 0.15) is 5.69 Å². The van der Waals surface area contributed by atoms with Crippen LogP contribution in [0.5, 0.6) is 0 Å². The summed E-state index contributed by atoms with van der Waals surface area (Å²) in [6.45, 7) is 4.94. The Morgan fingerprint density at radius 1 is 1.26 bits per heavy atom. The lowest BCUT2D eigenvalue weighted by molar-refractivity contribution is -0.117. The molecule has 0 spiro atoms. The van der Waals surface area contributed by atoms with Crippen LogP contribution in [-0.2, 0) is 27.0 Å². The number of nitrogens with two attached hydrogens (primary N) is 1. The molecule has 3 aromatic rings. The molecule has 0 unspecified atom stereocenters. The van der Waals surface area contributed by atoms with Crippen LogP contribution in [0, 0.1) is 6.92 Å². The highest BCUT2D eigenvalue weighted by Gasteiger charge is 2.30. The highest BCUT2D eigenvalue weighted by Crippen LogP contribution is 2.41. The molecule has 0 aliphatic heterocycles. The number of carbonyl (C=O) groups excluding carboxylic acids is 1. The Hall–Kier alpha value is -3.50. The number of aromatic nitrogens is 2. The third-order valence-electron chi connectivity index (χ3n) is 5.70. The van der Waals surface area contributed by atoms with Gasteiger partial charge in [-0.25, -0.2) is 18.4 Å². The van der Waals surface area contributed by atoms with E-state index < -0.39 is 21.5 Å². The summed E-state index contributed by atoms with van der Waals surface area (Å²) in [5, 5.41) is 0.495. The van der Waals surface area contributed by atoms with Gasteiger partial charge in [-0.05, 0) is 73.9 Å². The van der Waals surface area contributed by atoms with Gasteiger partial charge in [-0.1, -0.05) is 23.7 Å². The SMILES string of the molecule is C=NC(=O)Cc1cc(N)c(-n2c(C3CC3)ccc(NS(=O)(=O)Cc3ccc(Cl)cc3)c2=O)nc1C. The van der Waals surface area contributed by atoms with Gasteiger partial charge in [-0.15, -0.1) is 0 Å². The molecule has 1 aliphatic carbocycles. The van der Waals surface area contributed by atoms with Crippen molar-refractivity contribution in [2.75, 3.05) is 10.5 Å².